The van der Waals surface area contributed by atoms with E-state index in [2.05, 4.69) is 20.8 Å². The molecule has 2 aromatic heterocycles. The number of aryl methyl sites for hydroxylation is 1. The second kappa shape index (κ2) is 7.55. The third-order valence-electron chi connectivity index (χ3n) is 3.74. The van der Waals surface area contributed by atoms with E-state index >= 15 is 0 Å². The Morgan fingerprint density at radius 1 is 1.11 bits per heavy atom. The molecule has 28 heavy (non-hydrogen) atoms. The summed E-state index contributed by atoms with van der Waals surface area (Å²) in [4.78, 5) is 24.4. The van der Waals surface area contributed by atoms with Crippen molar-refractivity contribution in [3.8, 4) is 0 Å². The van der Waals surface area contributed by atoms with E-state index in [1.54, 1.807) is 23.3 Å². The first-order chi connectivity index (χ1) is 13.3. The van der Waals surface area contributed by atoms with Crippen molar-refractivity contribution < 1.29 is 22.8 Å². The first kappa shape index (κ1) is 19.1. The fourth-order valence-electron chi connectivity index (χ4n) is 2.43. The number of halogens is 3. The molecule has 8 nitrogen and oxygen atoms in total. The molecular formula is C17H15F3N6O2. The molecule has 0 aliphatic heterocycles. The summed E-state index contributed by atoms with van der Waals surface area (Å²) in [6.07, 6.45) is -3.12. The monoisotopic (exact) mass is 392 g/mol. The van der Waals surface area contributed by atoms with Crippen molar-refractivity contribution in [1.29, 1.82) is 0 Å². The lowest BCUT2D eigenvalue weighted by Gasteiger charge is -2.09. The Bertz CT molecular complexity index is 1010. The van der Waals surface area contributed by atoms with Crippen LogP contribution in [0.3, 0.4) is 0 Å². The van der Waals surface area contributed by atoms with Crippen LogP contribution < -0.4 is 10.6 Å². The lowest BCUT2D eigenvalue weighted by atomic mass is 10.2. The number of carbonyl (C=O) groups is 2. The molecule has 3 N–H and O–H groups in total. The maximum Gasteiger partial charge on any atom is 0.432 e. The largest absolute Gasteiger partial charge is 0.432 e. The highest BCUT2D eigenvalue weighted by molar-refractivity contribution is 6.05. The Balaban J connectivity index is 1.70. The maximum atomic E-state index is 12.6. The zero-order valence-corrected chi connectivity index (χ0v) is 14.5. The number of hydrogen-bond acceptors (Lipinski definition) is 4. The van der Waals surface area contributed by atoms with Crippen molar-refractivity contribution in [3.05, 3.63) is 59.7 Å². The average Bonchev–Trinajstić information content (AvgIpc) is 3.31. The molecule has 0 saturated heterocycles. The van der Waals surface area contributed by atoms with Gasteiger partial charge in [-0.05, 0) is 31.2 Å². The molecule has 0 spiro atoms. The maximum absolute atomic E-state index is 12.6. The topological polar surface area (TPSA) is 105 Å². The van der Waals surface area contributed by atoms with E-state index in [0.717, 1.165) is 0 Å². The summed E-state index contributed by atoms with van der Waals surface area (Å²) in [6, 6.07) is 8.37. The minimum Gasteiger partial charge on any atom is -0.321 e. The zero-order chi connectivity index (χ0) is 20.3. The van der Waals surface area contributed by atoms with Gasteiger partial charge in [0.25, 0.3) is 11.8 Å². The van der Waals surface area contributed by atoms with Crippen molar-refractivity contribution in [2.75, 3.05) is 10.6 Å². The van der Waals surface area contributed by atoms with Gasteiger partial charge in [-0.15, -0.1) is 0 Å². The molecule has 0 bridgehead atoms. The van der Waals surface area contributed by atoms with Gasteiger partial charge in [0.05, 0.1) is 0 Å². The van der Waals surface area contributed by atoms with Crippen LogP contribution in [0.2, 0.25) is 0 Å². The molecule has 0 aliphatic carbocycles. The first-order valence-corrected chi connectivity index (χ1v) is 8.15. The van der Waals surface area contributed by atoms with E-state index in [0.29, 0.717) is 24.0 Å². The molecule has 0 radical (unpaired) electrons. The van der Waals surface area contributed by atoms with Gasteiger partial charge in [-0.3, -0.25) is 19.4 Å². The number of aromatic amines is 1. The van der Waals surface area contributed by atoms with Crippen molar-refractivity contribution in [2.24, 2.45) is 0 Å². The summed E-state index contributed by atoms with van der Waals surface area (Å²) >= 11 is 0. The van der Waals surface area contributed by atoms with Crippen LogP contribution in [0.4, 0.5) is 24.5 Å². The first-order valence-electron chi connectivity index (χ1n) is 8.15. The van der Waals surface area contributed by atoms with Crippen LogP contribution in [-0.4, -0.2) is 31.8 Å². The molecule has 3 aromatic rings. The molecule has 0 unspecified atom stereocenters. The molecular weight excluding hydrogens is 377 g/mol. The highest BCUT2D eigenvalue weighted by Gasteiger charge is 2.33. The summed E-state index contributed by atoms with van der Waals surface area (Å²) < 4.78 is 39.3. The molecule has 0 saturated carbocycles. The van der Waals surface area contributed by atoms with E-state index in [1.165, 1.54) is 23.0 Å². The highest BCUT2D eigenvalue weighted by Crippen LogP contribution is 2.27. The van der Waals surface area contributed by atoms with E-state index in [-0.39, 0.29) is 11.6 Å². The Kier molecular flexibility index (Phi) is 5.16. The summed E-state index contributed by atoms with van der Waals surface area (Å²) in [5.41, 5.74) is -0.485. The van der Waals surface area contributed by atoms with Crippen molar-refractivity contribution in [3.63, 3.8) is 0 Å². The number of H-pyrrole nitrogens is 1. The summed E-state index contributed by atoms with van der Waals surface area (Å²) in [6.45, 7) is 2.37. The molecule has 3 rings (SSSR count). The van der Waals surface area contributed by atoms with Crippen LogP contribution in [0.25, 0.3) is 0 Å². The molecule has 0 atom stereocenters. The van der Waals surface area contributed by atoms with Gasteiger partial charge in [0.15, 0.2) is 5.69 Å². The average molecular weight is 392 g/mol. The number of rotatable bonds is 5. The fourth-order valence-corrected chi connectivity index (χ4v) is 2.43. The Labute approximate surface area is 156 Å². The van der Waals surface area contributed by atoms with Gasteiger partial charge >= 0.3 is 6.18 Å². The standard InChI is InChI=1S/C17H15F3N6O2/c1-2-26-13(6-7-21-26)16(28)23-11-5-3-4-10(8-11)22-15(27)12-9-14(25-24-12)17(18,19)20/h3-9H,2H2,1H3,(H,22,27)(H,23,28)(H,24,25). The van der Waals surface area contributed by atoms with Crippen molar-refractivity contribution in [1.82, 2.24) is 20.0 Å². The predicted molar refractivity (Wildman–Crippen MR) is 93.8 cm³/mol. The lowest BCUT2D eigenvalue weighted by molar-refractivity contribution is -0.141. The number of anilines is 2. The van der Waals surface area contributed by atoms with Crippen molar-refractivity contribution in [2.45, 2.75) is 19.6 Å². The number of nitrogens with one attached hydrogen (secondary N) is 3. The van der Waals surface area contributed by atoms with Gasteiger partial charge in [-0.1, -0.05) is 6.07 Å². The molecule has 0 fully saturated rings. The fraction of sp³-hybridized carbons (Fsp3) is 0.176. The van der Waals surface area contributed by atoms with Gasteiger partial charge in [0, 0.05) is 30.2 Å². The van der Waals surface area contributed by atoms with Crippen LogP contribution in [0.5, 0.6) is 0 Å². The predicted octanol–water partition coefficient (Wildman–Crippen LogP) is 3.15. The highest BCUT2D eigenvalue weighted by atomic mass is 19.4. The Hall–Kier alpha value is -3.63. The van der Waals surface area contributed by atoms with Crippen molar-refractivity contribution >= 4 is 23.2 Å². The summed E-state index contributed by atoms with van der Waals surface area (Å²) in [5, 5.41) is 14.3. The molecule has 146 valence electrons. The van der Waals surface area contributed by atoms with Gasteiger partial charge in [0.2, 0.25) is 0 Å². The minimum atomic E-state index is -4.62. The summed E-state index contributed by atoms with van der Waals surface area (Å²) in [7, 11) is 0. The zero-order valence-electron chi connectivity index (χ0n) is 14.5. The van der Waals surface area contributed by atoms with Crippen LogP contribution in [0, 0.1) is 0 Å². The molecule has 2 heterocycles. The normalized spacial score (nSPS) is 11.3. The van der Waals surface area contributed by atoms with Crippen LogP contribution in [-0.2, 0) is 12.7 Å². The minimum absolute atomic E-state index is 0.281. The Morgan fingerprint density at radius 3 is 2.39 bits per heavy atom. The Morgan fingerprint density at radius 2 is 1.79 bits per heavy atom. The van der Waals surface area contributed by atoms with Crippen LogP contribution >= 0.6 is 0 Å². The SMILES string of the molecule is CCn1nccc1C(=O)Nc1cccc(NC(=O)c2cc(C(F)(F)F)[nH]n2)c1. The third-order valence-corrected chi connectivity index (χ3v) is 3.74. The number of hydrogen-bond donors (Lipinski definition) is 3. The smallest absolute Gasteiger partial charge is 0.321 e. The van der Waals surface area contributed by atoms with E-state index in [1.807, 2.05) is 6.92 Å². The number of amides is 2. The number of benzene rings is 1. The van der Waals surface area contributed by atoms with Gasteiger partial charge in [-0.2, -0.15) is 23.4 Å². The second-order valence-electron chi connectivity index (χ2n) is 5.69. The van der Waals surface area contributed by atoms with E-state index in [9.17, 15) is 22.8 Å². The van der Waals surface area contributed by atoms with Crippen LogP contribution in [0.1, 0.15) is 33.6 Å². The third kappa shape index (κ3) is 4.19. The number of nitrogens with zero attached hydrogens (tertiary/aromatic N) is 3. The quantitative estimate of drug-likeness (QED) is 0.620. The molecule has 11 heteroatoms. The molecule has 1 aromatic carbocycles. The number of carbonyl (C=O) groups excluding carboxylic acids is 2. The van der Waals surface area contributed by atoms with E-state index < -0.39 is 23.5 Å². The van der Waals surface area contributed by atoms with E-state index in [4.69, 9.17) is 0 Å². The summed E-state index contributed by atoms with van der Waals surface area (Å²) in [5.74, 6) is -1.20. The number of alkyl halides is 3. The van der Waals surface area contributed by atoms with Crippen LogP contribution in [0.15, 0.2) is 42.6 Å². The lowest BCUT2D eigenvalue weighted by Crippen LogP contribution is -2.17. The molecule has 2 amide bonds. The second-order valence-corrected chi connectivity index (χ2v) is 5.69. The molecule has 0 aliphatic rings. The van der Waals surface area contributed by atoms with Gasteiger partial charge in [-0.25, -0.2) is 0 Å². The van der Waals surface area contributed by atoms with Gasteiger partial charge < -0.3 is 10.6 Å². The number of aromatic nitrogens is 4. The van der Waals surface area contributed by atoms with Gasteiger partial charge in [0.1, 0.15) is 11.4 Å².